The first kappa shape index (κ1) is 16.5. The number of carbonyl (C=O) groups is 1. The van der Waals surface area contributed by atoms with Gasteiger partial charge in [0.25, 0.3) is 0 Å². The Morgan fingerprint density at radius 2 is 2.00 bits per heavy atom. The van der Waals surface area contributed by atoms with Gasteiger partial charge in [0.15, 0.2) is 5.82 Å². The van der Waals surface area contributed by atoms with E-state index in [1.807, 2.05) is 19.1 Å². The van der Waals surface area contributed by atoms with Gasteiger partial charge in [0, 0.05) is 11.6 Å². The fourth-order valence-electron chi connectivity index (χ4n) is 3.12. The summed E-state index contributed by atoms with van der Waals surface area (Å²) in [5.41, 5.74) is 7.26. The number of rotatable bonds is 5. The Balaban J connectivity index is 1.56. The van der Waals surface area contributed by atoms with Crippen molar-refractivity contribution in [2.45, 2.75) is 57.4 Å². The van der Waals surface area contributed by atoms with Gasteiger partial charge in [0.1, 0.15) is 6.04 Å². The molecule has 1 unspecified atom stereocenters. The molecule has 1 aromatic heterocycles. The monoisotopic (exact) mass is 328 g/mol. The molecule has 1 atom stereocenters. The average molecular weight is 328 g/mol. The predicted octanol–water partition coefficient (Wildman–Crippen LogP) is 3.12. The smallest absolute Gasteiger partial charge is 0.248 e. The highest BCUT2D eigenvalue weighted by molar-refractivity contribution is 5.79. The van der Waals surface area contributed by atoms with Crippen LogP contribution in [0.2, 0.25) is 0 Å². The zero-order valence-electron chi connectivity index (χ0n) is 14.0. The van der Waals surface area contributed by atoms with E-state index in [0.717, 1.165) is 24.2 Å². The first-order valence-corrected chi connectivity index (χ1v) is 8.59. The van der Waals surface area contributed by atoms with Gasteiger partial charge in [-0.3, -0.25) is 4.79 Å². The van der Waals surface area contributed by atoms with Gasteiger partial charge in [-0.25, -0.2) is 0 Å². The molecule has 3 N–H and O–H groups in total. The highest BCUT2D eigenvalue weighted by atomic mass is 16.5. The zero-order valence-corrected chi connectivity index (χ0v) is 14.0. The summed E-state index contributed by atoms with van der Waals surface area (Å²) < 4.78 is 5.35. The molecule has 0 radical (unpaired) electrons. The molecule has 1 amide bonds. The number of amides is 1. The lowest BCUT2D eigenvalue weighted by atomic mass is 9.89. The van der Waals surface area contributed by atoms with E-state index in [-0.39, 0.29) is 11.9 Å². The van der Waals surface area contributed by atoms with E-state index in [0.29, 0.717) is 23.9 Å². The Kier molecular flexibility index (Phi) is 5.13. The lowest BCUT2D eigenvalue weighted by Gasteiger charge is -2.17. The van der Waals surface area contributed by atoms with Crippen molar-refractivity contribution in [1.29, 1.82) is 0 Å². The van der Waals surface area contributed by atoms with Crippen LogP contribution in [0.4, 0.5) is 5.69 Å². The van der Waals surface area contributed by atoms with Crippen molar-refractivity contribution in [3.63, 3.8) is 0 Å². The Morgan fingerprint density at radius 1 is 1.29 bits per heavy atom. The minimum atomic E-state index is -0.295. The van der Waals surface area contributed by atoms with Crippen molar-refractivity contribution in [3.05, 3.63) is 41.5 Å². The van der Waals surface area contributed by atoms with E-state index < -0.39 is 0 Å². The number of aromatic nitrogens is 2. The van der Waals surface area contributed by atoms with Crippen molar-refractivity contribution in [2.75, 3.05) is 5.73 Å². The summed E-state index contributed by atoms with van der Waals surface area (Å²) in [5.74, 6) is 1.57. The molecular formula is C18H24N4O2. The first-order chi connectivity index (χ1) is 11.6. The summed E-state index contributed by atoms with van der Waals surface area (Å²) in [6.45, 7) is 1.86. The van der Waals surface area contributed by atoms with Crippen molar-refractivity contribution in [3.8, 4) is 0 Å². The Labute approximate surface area is 141 Å². The Hall–Kier alpha value is -2.37. The van der Waals surface area contributed by atoms with E-state index in [1.54, 1.807) is 12.1 Å². The molecule has 1 aliphatic rings. The van der Waals surface area contributed by atoms with E-state index >= 15 is 0 Å². The second kappa shape index (κ2) is 7.47. The van der Waals surface area contributed by atoms with Gasteiger partial charge in [-0.2, -0.15) is 4.98 Å². The minimum Gasteiger partial charge on any atom is -0.399 e. The molecule has 6 heteroatoms. The van der Waals surface area contributed by atoms with Gasteiger partial charge in [-0.1, -0.05) is 36.6 Å². The number of nitrogens with two attached hydrogens (primary N) is 1. The minimum absolute atomic E-state index is 0.0790. The van der Waals surface area contributed by atoms with Crippen LogP contribution in [0.3, 0.4) is 0 Å². The molecule has 0 bridgehead atoms. The van der Waals surface area contributed by atoms with Gasteiger partial charge in [-0.05, 0) is 37.5 Å². The lowest BCUT2D eigenvalue weighted by Crippen LogP contribution is -2.28. The number of hydrogen-bond acceptors (Lipinski definition) is 5. The quantitative estimate of drug-likeness (QED) is 0.822. The summed E-state index contributed by atoms with van der Waals surface area (Å²) in [4.78, 5) is 16.7. The van der Waals surface area contributed by atoms with E-state index in [2.05, 4.69) is 15.5 Å². The molecular weight excluding hydrogens is 304 g/mol. The fourth-order valence-corrected chi connectivity index (χ4v) is 3.12. The normalized spacial score (nSPS) is 16.7. The number of carbonyl (C=O) groups excluding carboxylic acids is 1. The van der Waals surface area contributed by atoms with Crippen LogP contribution in [-0.4, -0.2) is 16.0 Å². The largest absolute Gasteiger partial charge is 0.399 e. The van der Waals surface area contributed by atoms with Crippen LogP contribution in [0, 0.1) is 0 Å². The maximum Gasteiger partial charge on any atom is 0.248 e. The highest BCUT2D eigenvalue weighted by Gasteiger charge is 2.23. The SMILES string of the molecule is CC(NC(=O)Cc1ccc(N)cc1)c1nc(C2CCCCC2)no1. The summed E-state index contributed by atoms with van der Waals surface area (Å²) in [6, 6.07) is 7.00. The van der Waals surface area contributed by atoms with Crippen LogP contribution in [0.15, 0.2) is 28.8 Å². The second-order valence-corrected chi connectivity index (χ2v) is 6.53. The lowest BCUT2D eigenvalue weighted by molar-refractivity contribution is -0.121. The van der Waals surface area contributed by atoms with Crippen LogP contribution in [0.5, 0.6) is 0 Å². The number of benzene rings is 1. The molecule has 1 aromatic carbocycles. The summed E-state index contributed by atoms with van der Waals surface area (Å²) >= 11 is 0. The van der Waals surface area contributed by atoms with E-state index in [4.69, 9.17) is 10.3 Å². The number of anilines is 1. The second-order valence-electron chi connectivity index (χ2n) is 6.53. The average Bonchev–Trinajstić information content (AvgIpc) is 3.08. The van der Waals surface area contributed by atoms with Gasteiger partial charge in [-0.15, -0.1) is 0 Å². The summed E-state index contributed by atoms with van der Waals surface area (Å²) in [5, 5.41) is 7.02. The third kappa shape index (κ3) is 4.13. The molecule has 0 spiro atoms. The molecule has 1 aliphatic carbocycles. The number of nitrogen functional groups attached to an aromatic ring is 1. The zero-order chi connectivity index (χ0) is 16.9. The van der Waals surface area contributed by atoms with Crippen molar-refractivity contribution >= 4 is 11.6 Å². The molecule has 1 saturated carbocycles. The van der Waals surface area contributed by atoms with Gasteiger partial charge >= 0.3 is 0 Å². The van der Waals surface area contributed by atoms with Crippen molar-refractivity contribution in [1.82, 2.24) is 15.5 Å². The number of nitrogens with zero attached hydrogens (tertiary/aromatic N) is 2. The summed E-state index contributed by atoms with van der Waals surface area (Å²) in [6.07, 6.45) is 6.28. The molecule has 2 aromatic rings. The molecule has 24 heavy (non-hydrogen) atoms. The highest BCUT2D eigenvalue weighted by Crippen LogP contribution is 2.31. The van der Waals surface area contributed by atoms with Gasteiger partial charge in [0.2, 0.25) is 11.8 Å². The first-order valence-electron chi connectivity index (χ1n) is 8.59. The standard InChI is InChI=1S/C18H24N4O2/c1-12(20-16(23)11-13-7-9-15(19)10-8-13)18-21-17(22-24-18)14-5-3-2-4-6-14/h7-10,12,14H,2-6,11,19H2,1H3,(H,20,23). The van der Waals surface area contributed by atoms with Crippen LogP contribution >= 0.6 is 0 Å². The molecule has 1 heterocycles. The summed E-state index contributed by atoms with van der Waals surface area (Å²) in [7, 11) is 0. The maximum absolute atomic E-state index is 12.2. The molecule has 0 aliphatic heterocycles. The predicted molar refractivity (Wildman–Crippen MR) is 91.2 cm³/mol. The topological polar surface area (TPSA) is 94.0 Å². The van der Waals surface area contributed by atoms with Crippen LogP contribution in [0.25, 0.3) is 0 Å². The van der Waals surface area contributed by atoms with E-state index in [9.17, 15) is 4.79 Å². The van der Waals surface area contributed by atoms with Crippen LogP contribution < -0.4 is 11.1 Å². The van der Waals surface area contributed by atoms with Crippen molar-refractivity contribution < 1.29 is 9.32 Å². The van der Waals surface area contributed by atoms with Gasteiger partial charge in [0.05, 0.1) is 6.42 Å². The third-order valence-electron chi connectivity index (χ3n) is 4.52. The van der Waals surface area contributed by atoms with E-state index in [1.165, 1.54) is 19.3 Å². The fraction of sp³-hybridized carbons (Fsp3) is 0.500. The molecule has 6 nitrogen and oxygen atoms in total. The molecule has 128 valence electrons. The molecule has 3 rings (SSSR count). The van der Waals surface area contributed by atoms with Crippen LogP contribution in [0.1, 0.15) is 68.3 Å². The van der Waals surface area contributed by atoms with Gasteiger partial charge < -0.3 is 15.6 Å². The van der Waals surface area contributed by atoms with Crippen LogP contribution in [-0.2, 0) is 11.2 Å². The van der Waals surface area contributed by atoms with Crippen molar-refractivity contribution in [2.24, 2.45) is 0 Å². The maximum atomic E-state index is 12.2. The molecule has 0 saturated heterocycles. The molecule has 1 fully saturated rings. The Morgan fingerprint density at radius 3 is 2.71 bits per heavy atom. The Bertz CT molecular complexity index is 675. The third-order valence-corrected chi connectivity index (χ3v) is 4.52. The number of hydrogen-bond donors (Lipinski definition) is 2. The number of nitrogens with one attached hydrogen (secondary N) is 1.